The lowest BCUT2D eigenvalue weighted by Gasteiger charge is -2.36. The largest absolute Gasteiger partial charge is 0.369 e. The Kier molecular flexibility index (Phi) is 8.48. The highest BCUT2D eigenvalue weighted by atomic mass is 35.5. The molecule has 2 N–H and O–H groups in total. The number of piperazine rings is 1. The number of anilines is 2. The van der Waals surface area contributed by atoms with Crippen LogP contribution in [0, 0.1) is 0 Å². The maximum Gasteiger partial charge on any atom is 0.255 e. The fourth-order valence-electron chi connectivity index (χ4n) is 3.86. The molecule has 0 unspecified atom stereocenters. The summed E-state index contributed by atoms with van der Waals surface area (Å²) in [6, 6.07) is 24.3. The van der Waals surface area contributed by atoms with Gasteiger partial charge in [-0.15, -0.1) is 0 Å². The van der Waals surface area contributed by atoms with Crippen molar-refractivity contribution in [2.24, 2.45) is 5.10 Å². The summed E-state index contributed by atoms with van der Waals surface area (Å²) in [5.74, 6) is -0.354. The number of carbonyl (C=O) groups excluding carboxylic acids is 2. The van der Waals surface area contributed by atoms with Crippen LogP contribution in [0.5, 0.6) is 0 Å². The van der Waals surface area contributed by atoms with Gasteiger partial charge in [-0.05, 0) is 54.1 Å². The smallest absolute Gasteiger partial charge is 0.255 e. The fourth-order valence-corrected chi connectivity index (χ4v) is 3.99. The van der Waals surface area contributed by atoms with Gasteiger partial charge in [0, 0.05) is 61.1 Å². The van der Waals surface area contributed by atoms with Crippen LogP contribution in [-0.4, -0.2) is 55.7 Å². The quantitative estimate of drug-likeness (QED) is 0.366. The van der Waals surface area contributed by atoms with Crippen molar-refractivity contribution >= 4 is 41.0 Å². The first-order valence-electron chi connectivity index (χ1n) is 11.6. The molecule has 2 amide bonds. The van der Waals surface area contributed by atoms with Crippen LogP contribution in [0.2, 0.25) is 5.02 Å². The normalized spacial score (nSPS) is 14.1. The van der Waals surface area contributed by atoms with E-state index in [-0.39, 0.29) is 11.8 Å². The van der Waals surface area contributed by atoms with Gasteiger partial charge in [0.15, 0.2) is 0 Å². The number of benzene rings is 3. The van der Waals surface area contributed by atoms with Crippen molar-refractivity contribution in [3.8, 4) is 0 Å². The molecule has 3 aromatic rings. The number of hydrogen-bond donors (Lipinski definition) is 2. The SMILES string of the molecule is O=C(CCN1CCN(c2ccccc2)CC1)N/N=C/c1cccc(NC(=O)c2ccc(Cl)cc2)c1. The first-order chi connectivity index (χ1) is 17.1. The molecule has 3 aromatic carbocycles. The summed E-state index contributed by atoms with van der Waals surface area (Å²) in [5.41, 5.74) is 5.74. The lowest BCUT2D eigenvalue weighted by molar-refractivity contribution is -0.121. The summed E-state index contributed by atoms with van der Waals surface area (Å²) < 4.78 is 0. The molecule has 0 aliphatic carbocycles. The molecule has 0 spiro atoms. The number of amides is 2. The molecule has 180 valence electrons. The molecule has 8 heteroatoms. The number of halogens is 1. The standard InChI is InChI=1S/C27H28ClN5O2/c28-23-11-9-22(10-12-23)27(35)30-24-6-4-5-21(19-24)20-29-31-26(34)13-14-32-15-17-33(18-16-32)25-7-2-1-3-8-25/h1-12,19-20H,13-18H2,(H,30,35)(H,31,34)/b29-20+. The predicted octanol–water partition coefficient (Wildman–Crippen LogP) is 4.25. The molecule has 0 radical (unpaired) electrons. The highest BCUT2D eigenvalue weighted by Crippen LogP contribution is 2.16. The Bertz CT molecular complexity index is 1160. The molecule has 1 aliphatic heterocycles. The monoisotopic (exact) mass is 489 g/mol. The maximum atomic E-state index is 12.4. The maximum absolute atomic E-state index is 12.4. The average molecular weight is 490 g/mol. The highest BCUT2D eigenvalue weighted by Gasteiger charge is 2.17. The van der Waals surface area contributed by atoms with Crippen LogP contribution < -0.4 is 15.6 Å². The molecule has 1 saturated heterocycles. The molecular weight excluding hydrogens is 462 g/mol. The van der Waals surface area contributed by atoms with Crippen LogP contribution in [0.25, 0.3) is 0 Å². The zero-order valence-electron chi connectivity index (χ0n) is 19.4. The van der Waals surface area contributed by atoms with Gasteiger partial charge in [-0.25, -0.2) is 5.43 Å². The van der Waals surface area contributed by atoms with E-state index in [2.05, 4.69) is 49.9 Å². The number of rotatable bonds is 8. The van der Waals surface area contributed by atoms with Crippen LogP contribution >= 0.6 is 11.6 Å². The minimum atomic E-state index is -0.228. The van der Waals surface area contributed by atoms with Crippen LogP contribution in [0.15, 0.2) is 84.0 Å². The fraction of sp³-hybridized carbons (Fsp3) is 0.222. The van der Waals surface area contributed by atoms with Gasteiger partial charge in [-0.2, -0.15) is 5.10 Å². The Balaban J connectivity index is 1.19. The van der Waals surface area contributed by atoms with Crippen molar-refractivity contribution in [1.82, 2.24) is 10.3 Å². The molecule has 4 rings (SSSR count). The third-order valence-corrected chi connectivity index (χ3v) is 6.05. The van der Waals surface area contributed by atoms with Gasteiger partial charge in [0.2, 0.25) is 5.91 Å². The highest BCUT2D eigenvalue weighted by molar-refractivity contribution is 6.30. The first-order valence-corrected chi connectivity index (χ1v) is 12.0. The van der Waals surface area contributed by atoms with Crippen molar-refractivity contribution in [2.75, 3.05) is 42.9 Å². The molecule has 0 bridgehead atoms. The summed E-state index contributed by atoms with van der Waals surface area (Å²) in [6.45, 7) is 4.47. The van der Waals surface area contributed by atoms with Crippen LogP contribution in [0.3, 0.4) is 0 Å². The van der Waals surface area contributed by atoms with Crippen LogP contribution in [0.1, 0.15) is 22.3 Å². The van der Waals surface area contributed by atoms with Gasteiger partial charge in [0.05, 0.1) is 6.21 Å². The van der Waals surface area contributed by atoms with E-state index >= 15 is 0 Å². The van der Waals surface area contributed by atoms with E-state index in [1.807, 2.05) is 18.2 Å². The Labute approximate surface area is 210 Å². The molecule has 1 aliphatic rings. The summed E-state index contributed by atoms with van der Waals surface area (Å²) in [4.78, 5) is 29.3. The Morgan fingerprint density at radius 3 is 2.40 bits per heavy atom. The van der Waals surface area contributed by atoms with Crippen molar-refractivity contribution in [2.45, 2.75) is 6.42 Å². The van der Waals surface area contributed by atoms with Crippen LogP contribution in [0.4, 0.5) is 11.4 Å². The van der Waals surface area contributed by atoms with Gasteiger partial charge in [-0.3, -0.25) is 14.5 Å². The van der Waals surface area contributed by atoms with E-state index in [1.165, 1.54) is 5.69 Å². The second-order valence-corrected chi connectivity index (χ2v) is 8.73. The summed E-state index contributed by atoms with van der Waals surface area (Å²) in [7, 11) is 0. The molecule has 35 heavy (non-hydrogen) atoms. The minimum Gasteiger partial charge on any atom is -0.369 e. The topological polar surface area (TPSA) is 77.0 Å². The van der Waals surface area contributed by atoms with Crippen molar-refractivity contribution < 1.29 is 9.59 Å². The minimum absolute atomic E-state index is 0.126. The zero-order valence-corrected chi connectivity index (χ0v) is 20.1. The number of nitrogens with one attached hydrogen (secondary N) is 2. The van der Waals surface area contributed by atoms with E-state index in [9.17, 15) is 9.59 Å². The van der Waals surface area contributed by atoms with Crippen molar-refractivity contribution in [3.63, 3.8) is 0 Å². The third kappa shape index (κ3) is 7.40. The second-order valence-electron chi connectivity index (χ2n) is 8.29. The van der Waals surface area contributed by atoms with E-state index in [0.29, 0.717) is 29.2 Å². The van der Waals surface area contributed by atoms with Crippen molar-refractivity contribution in [3.05, 3.63) is 95.0 Å². The third-order valence-electron chi connectivity index (χ3n) is 5.80. The predicted molar refractivity (Wildman–Crippen MR) is 141 cm³/mol. The lowest BCUT2D eigenvalue weighted by atomic mass is 10.2. The van der Waals surface area contributed by atoms with Gasteiger partial charge >= 0.3 is 0 Å². The molecule has 0 saturated carbocycles. The number of hydrazone groups is 1. The molecular formula is C27H28ClN5O2. The van der Waals surface area contributed by atoms with Gasteiger partial charge in [-0.1, -0.05) is 41.9 Å². The van der Waals surface area contributed by atoms with Crippen molar-refractivity contribution in [1.29, 1.82) is 0 Å². The number of carbonyl (C=O) groups is 2. The molecule has 1 heterocycles. The number of para-hydroxylation sites is 1. The molecule has 7 nitrogen and oxygen atoms in total. The first kappa shape index (κ1) is 24.4. The zero-order chi connectivity index (χ0) is 24.5. The second kappa shape index (κ2) is 12.1. The summed E-state index contributed by atoms with van der Waals surface area (Å²) in [5, 5.41) is 7.49. The van der Waals surface area contributed by atoms with Gasteiger partial charge < -0.3 is 10.2 Å². The summed E-state index contributed by atoms with van der Waals surface area (Å²) >= 11 is 5.87. The Morgan fingerprint density at radius 1 is 0.914 bits per heavy atom. The summed E-state index contributed by atoms with van der Waals surface area (Å²) in [6.07, 6.45) is 1.95. The molecule has 1 fully saturated rings. The van der Waals surface area contributed by atoms with Crippen LogP contribution in [-0.2, 0) is 4.79 Å². The molecule has 0 aromatic heterocycles. The van der Waals surface area contributed by atoms with E-state index in [0.717, 1.165) is 31.7 Å². The number of hydrogen-bond acceptors (Lipinski definition) is 5. The van der Waals surface area contributed by atoms with E-state index in [4.69, 9.17) is 11.6 Å². The molecule has 0 atom stereocenters. The number of nitrogens with zero attached hydrogens (tertiary/aromatic N) is 3. The Hall–Kier alpha value is -3.68. The van der Waals surface area contributed by atoms with E-state index < -0.39 is 0 Å². The van der Waals surface area contributed by atoms with Gasteiger partial charge in [0.25, 0.3) is 5.91 Å². The van der Waals surface area contributed by atoms with Gasteiger partial charge in [0.1, 0.15) is 0 Å². The Morgan fingerprint density at radius 2 is 1.66 bits per heavy atom. The van der Waals surface area contributed by atoms with E-state index in [1.54, 1.807) is 42.6 Å². The lowest BCUT2D eigenvalue weighted by Crippen LogP contribution is -2.47. The average Bonchev–Trinajstić information content (AvgIpc) is 2.89.